The van der Waals surface area contributed by atoms with Crippen molar-refractivity contribution in [2.24, 2.45) is 0 Å². The molecule has 10 heteroatoms. The van der Waals surface area contributed by atoms with Gasteiger partial charge < -0.3 is 4.74 Å². The van der Waals surface area contributed by atoms with Crippen LogP contribution in [0.2, 0.25) is 0 Å². The first-order valence-electron chi connectivity index (χ1n) is 10.3. The molecule has 1 aliphatic carbocycles. The second-order valence-electron chi connectivity index (χ2n) is 7.90. The minimum atomic E-state index is -3.67. The number of nitrogens with one attached hydrogen (secondary N) is 1. The van der Waals surface area contributed by atoms with Crippen molar-refractivity contribution < 1.29 is 21.6 Å². The van der Waals surface area contributed by atoms with Gasteiger partial charge in [-0.1, -0.05) is 12.1 Å². The number of hydrogen-bond donors (Lipinski definition) is 1. The molecule has 1 aliphatic heterocycles. The number of methoxy groups -OCH3 is 1. The Morgan fingerprint density at radius 2 is 1.58 bits per heavy atom. The van der Waals surface area contributed by atoms with Crippen LogP contribution in [0.1, 0.15) is 18.4 Å². The predicted octanol–water partition coefficient (Wildman–Crippen LogP) is 1.64. The minimum Gasteiger partial charge on any atom is -0.497 e. The average molecular weight is 466 g/mol. The molecule has 8 nitrogen and oxygen atoms in total. The molecule has 0 spiro atoms. The number of sulfonamides is 2. The van der Waals surface area contributed by atoms with Crippen molar-refractivity contribution in [3.8, 4) is 5.75 Å². The third-order valence-corrected chi connectivity index (χ3v) is 8.99. The zero-order valence-corrected chi connectivity index (χ0v) is 19.0. The van der Waals surface area contributed by atoms with Gasteiger partial charge in [0.2, 0.25) is 20.0 Å². The number of hydrogen-bond acceptors (Lipinski definition) is 6. The zero-order chi connectivity index (χ0) is 22.1. The molecule has 2 aromatic carbocycles. The van der Waals surface area contributed by atoms with E-state index in [1.807, 2.05) is 24.3 Å². The van der Waals surface area contributed by atoms with Gasteiger partial charge in [0.15, 0.2) is 0 Å². The lowest BCUT2D eigenvalue weighted by atomic mass is 10.2. The van der Waals surface area contributed by atoms with Crippen molar-refractivity contribution in [1.29, 1.82) is 0 Å². The van der Waals surface area contributed by atoms with E-state index in [-0.39, 0.29) is 15.8 Å². The maximum atomic E-state index is 13.0. The smallest absolute Gasteiger partial charge is 0.243 e. The number of rotatable bonds is 8. The summed E-state index contributed by atoms with van der Waals surface area (Å²) in [5, 5.41) is 0. The Hall–Kier alpha value is -1.98. The lowest BCUT2D eigenvalue weighted by Crippen LogP contribution is -2.48. The molecule has 1 saturated heterocycles. The maximum absolute atomic E-state index is 13.0. The van der Waals surface area contributed by atoms with Crippen molar-refractivity contribution in [2.45, 2.75) is 35.2 Å². The van der Waals surface area contributed by atoms with Gasteiger partial charge in [0.25, 0.3) is 0 Å². The number of piperazine rings is 1. The molecule has 0 radical (unpaired) electrons. The SMILES string of the molecule is COc1cccc(CN2CCN(S(=O)(=O)c3ccc(S(=O)(=O)NC4CC4)cc3)CC2)c1. The van der Waals surface area contributed by atoms with E-state index >= 15 is 0 Å². The fourth-order valence-corrected chi connectivity index (χ4v) is 6.31. The Balaban J connectivity index is 1.38. The molecule has 2 fully saturated rings. The van der Waals surface area contributed by atoms with Crippen molar-refractivity contribution in [3.63, 3.8) is 0 Å². The first kappa shape index (κ1) is 22.2. The number of benzene rings is 2. The molecule has 2 aliphatic rings. The van der Waals surface area contributed by atoms with Gasteiger partial charge in [-0.05, 0) is 54.8 Å². The molecule has 0 aromatic heterocycles. The van der Waals surface area contributed by atoms with Crippen LogP contribution in [0.3, 0.4) is 0 Å². The topological polar surface area (TPSA) is 96.0 Å². The van der Waals surface area contributed by atoms with Crippen LogP contribution in [0.15, 0.2) is 58.3 Å². The highest BCUT2D eigenvalue weighted by atomic mass is 32.2. The fourth-order valence-electron chi connectivity index (χ4n) is 3.59. The summed E-state index contributed by atoms with van der Waals surface area (Å²) < 4.78 is 59.9. The Bertz CT molecular complexity index is 1120. The zero-order valence-electron chi connectivity index (χ0n) is 17.4. The average Bonchev–Trinajstić information content (AvgIpc) is 3.58. The second kappa shape index (κ2) is 8.87. The summed E-state index contributed by atoms with van der Waals surface area (Å²) in [5.41, 5.74) is 1.12. The Morgan fingerprint density at radius 3 is 2.19 bits per heavy atom. The summed E-state index contributed by atoms with van der Waals surface area (Å²) in [6, 6.07) is 13.3. The Labute approximate surface area is 183 Å². The van der Waals surface area contributed by atoms with Gasteiger partial charge in [-0.3, -0.25) is 4.90 Å². The van der Waals surface area contributed by atoms with E-state index in [9.17, 15) is 16.8 Å². The van der Waals surface area contributed by atoms with Crippen molar-refractivity contribution >= 4 is 20.0 Å². The highest BCUT2D eigenvalue weighted by Gasteiger charge is 2.30. The third-order valence-electron chi connectivity index (χ3n) is 5.54. The van der Waals surface area contributed by atoms with Crippen LogP contribution in [0.5, 0.6) is 5.75 Å². The Kier molecular flexibility index (Phi) is 6.36. The van der Waals surface area contributed by atoms with E-state index < -0.39 is 20.0 Å². The lowest BCUT2D eigenvalue weighted by Gasteiger charge is -2.34. The molecule has 0 atom stereocenters. The summed E-state index contributed by atoms with van der Waals surface area (Å²) in [5.74, 6) is 0.802. The lowest BCUT2D eigenvalue weighted by molar-refractivity contribution is 0.181. The van der Waals surface area contributed by atoms with Crippen LogP contribution >= 0.6 is 0 Å². The molecule has 31 heavy (non-hydrogen) atoms. The minimum absolute atomic E-state index is 0.00155. The van der Waals surface area contributed by atoms with Gasteiger partial charge in [0.1, 0.15) is 5.75 Å². The second-order valence-corrected chi connectivity index (χ2v) is 11.6. The van der Waals surface area contributed by atoms with E-state index in [1.165, 1.54) is 28.6 Å². The summed E-state index contributed by atoms with van der Waals surface area (Å²) in [6.45, 7) is 2.74. The van der Waals surface area contributed by atoms with E-state index in [0.717, 1.165) is 30.7 Å². The summed E-state index contributed by atoms with van der Waals surface area (Å²) in [4.78, 5) is 2.40. The van der Waals surface area contributed by atoms with Crippen LogP contribution in [0, 0.1) is 0 Å². The van der Waals surface area contributed by atoms with Crippen molar-refractivity contribution in [1.82, 2.24) is 13.9 Å². The summed E-state index contributed by atoms with van der Waals surface area (Å²) in [6.07, 6.45) is 1.69. The highest BCUT2D eigenvalue weighted by molar-refractivity contribution is 7.89. The van der Waals surface area contributed by atoms with E-state index in [1.54, 1.807) is 7.11 Å². The fraction of sp³-hybridized carbons (Fsp3) is 0.429. The summed E-state index contributed by atoms with van der Waals surface area (Å²) >= 11 is 0. The molecule has 1 N–H and O–H groups in total. The summed E-state index contributed by atoms with van der Waals surface area (Å²) in [7, 11) is -5.64. The largest absolute Gasteiger partial charge is 0.497 e. The molecule has 0 amide bonds. The monoisotopic (exact) mass is 465 g/mol. The molecule has 168 valence electrons. The highest BCUT2D eigenvalue weighted by Crippen LogP contribution is 2.24. The Morgan fingerprint density at radius 1 is 0.935 bits per heavy atom. The molecule has 4 rings (SSSR count). The maximum Gasteiger partial charge on any atom is 0.243 e. The standard InChI is InChI=1S/C21H27N3O5S2/c1-29-19-4-2-3-17(15-19)16-23-11-13-24(14-12-23)31(27,28)21-9-7-20(8-10-21)30(25,26)22-18-5-6-18/h2-4,7-10,15,18,22H,5-6,11-14,16H2,1H3. The normalized spacial score (nSPS) is 18.7. The van der Waals surface area contributed by atoms with Gasteiger partial charge >= 0.3 is 0 Å². The molecule has 2 aromatic rings. The van der Waals surface area contributed by atoms with Crippen molar-refractivity contribution in [2.75, 3.05) is 33.3 Å². The number of nitrogens with zero attached hydrogens (tertiary/aromatic N) is 2. The van der Waals surface area contributed by atoms with Crippen molar-refractivity contribution in [3.05, 3.63) is 54.1 Å². The van der Waals surface area contributed by atoms with E-state index in [4.69, 9.17) is 4.74 Å². The van der Waals surface area contributed by atoms with Crippen LogP contribution in [-0.4, -0.2) is 65.4 Å². The van der Waals surface area contributed by atoms with E-state index in [2.05, 4.69) is 9.62 Å². The first-order chi connectivity index (χ1) is 14.8. The molecule has 1 saturated carbocycles. The third kappa shape index (κ3) is 5.27. The number of ether oxygens (including phenoxy) is 1. The van der Waals surface area contributed by atoms with Gasteiger partial charge in [0.05, 0.1) is 16.9 Å². The van der Waals surface area contributed by atoms with Crippen LogP contribution in [0.25, 0.3) is 0 Å². The molecular weight excluding hydrogens is 438 g/mol. The first-order valence-corrected chi connectivity index (χ1v) is 13.2. The van der Waals surface area contributed by atoms with Gasteiger partial charge in [-0.2, -0.15) is 4.31 Å². The molecular formula is C21H27N3O5S2. The van der Waals surface area contributed by atoms with Gasteiger partial charge in [-0.15, -0.1) is 0 Å². The molecule has 1 heterocycles. The molecule has 0 bridgehead atoms. The van der Waals surface area contributed by atoms with Crippen LogP contribution in [-0.2, 0) is 26.6 Å². The van der Waals surface area contributed by atoms with Gasteiger partial charge in [0, 0.05) is 38.8 Å². The van der Waals surface area contributed by atoms with Gasteiger partial charge in [-0.25, -0.2) is 21.6 Å². The predicted molar refractivity (Wildman–Crippen MR) is 117 cm³/mol. The quantitative estimate of drug-likeness (QED) is 0.637. The van der Waals surface area contributed by atoms with Crippen LogP contribution in [0.4, 0.5) is 0 Å². The molecule has 0 unspecified atom stereocenters. The van der Waals surface area contributed by atoms with Crippen LogP contribution < -0.4 is 9.46 Å². The van der Waals surface area contributed by atoms with E-state index in [0.29, 0.717) is 26.2 Å².